The molecule has 4 nitrogen and oxygen atoms in total. The van der Waals surface area contributed by atoms with E-state index >= 15 is 0 Å². The largest absolute Gasteiger partial charge is 0.335 e. The van der Waals surface area contributed by atoms with Gasteiger partial charge < -0.3 is 0 Å². The smallest absolute Gasteiger partial charge is 0.268 e. The van der Waals surface area contributed by atoms with Gasteiger partial charge in [0.25, 0.3) is 0 Å². The summed E-state index contributed by atoms with van der Waals surface area (Å²) in [6.45, 7) is 5.36. The predicted molar refractivity (Wildman–Crippen MR) is 45.7 cm³/mol. The molecule has 0 amide bonds. The normalized spacial score (nSPS) is 12.0. The van der Waals surface area contributed by atoms with Crippen molar-refractivity contribution in [3.8, 4) is 0 Å². The minimum Gasteiger partial charge on any atom is -0.268 e. The first-order valence-electron chi connectivity index (χ1n) is 3.86. The van der Waals surface area contributed by atoms with Crippen LogP contribution in [0.1, 0.15) is 18.3 Å². The van der Waals surface area contributed by atoms with Gasteiger partial charge in [-0.3, -0.25) is 4.68 Å². The highest BCUT2D eigenvalue weighted by Crippen LogP contribution is 2.20. The van der Waals surface area contributed by atoms with Crippen LogP contribution in [0, 0.1) is 13.8 Å². The molecular formula is C7H11FN2O2S. The van der Waals surface area contributed by atoms with Gasteiger partial charge in [-0.1, -0.05) is 0 Å². The molecular weight excluding hydrogens is 195 g/mol. The lowest BCUT2D eigenvalue weighted by atomic mass is 10.4. The van der Waals surface area contributed by atoms with Gasteiger partial charge in [-0.05, 0) is 20.8 Å². The number of nitrogens with zero attached hydrogens (tertiary/aromatic N) is 2. The fourth-order valence-corrected chi connectivity index (χ4v) is 2.19. The van der Waals surface area contributed by atoms with Crippen molar-refractivity contribution < 1.29 is 12.3 Å². The summed E-state index contributed by atoms with van der Waals surface area (Å²) >= 11 is 0. The maximum atomic E-state index is 12.7. The van der Waals surface area contributed by atoms with E-state index in [0.717, 1.165) is 0 Å². The zero-order chi connectivity index (χ0) is 10.2. The molecule has 0 aliphatic heterocycles. The molecule has 74 valence electrons. The molecule has 0 atom stereocenters. The van der Waals surface area contributed by atoms with E-state index in [4.69, 9.17) is 0 Å². The Hall–Kier alpha value is -0.910. The molecule has 0 spiro atoms. The Morgan fingerprint density at radius 1 is 1.46 bits per heavy atom. The van der Waals surface area contributed by atoms with Crippen LogP contribution in [0.25, 0.3) is 0 Å². The highest BCUT2D eigenvalue weighted by atomic mass is 32.3. The second kappa shape index (κ2) is 3.10. The first-order valence-corrected chi connectivity index (χ1v) is 5.25. The van der Waals surface area contributed by atoms with Crippen molar-refractivity contribution in [2.45, 2.75) is 32.2 Å². The molecule has 0 N–H and O–H groups in total. The zero-order valence-corrected chi connectivity index (χ0v) is 8.52. The van der Waals surface area contributed by atoms with Gasteiger partial charge in [0.05, 0.1) is 11.4 Å². The molecule has 0 aliphatic carbocycles. The van der Waals surface area contributed by atoms with Crippen LogP contribution in [0.5, 0.6) is 0 Å². The fourth-order valence-electron chi connectivity index (χ4n) is 1.34. The third-order valence-electron chi connectivity index (χ3n) is 1.86. The Morgan fingerprint density at radius 2 is 2.00 bits per heavy atom. The van der Waals surface area contributed by atoms with Crippen LogP contribution >= 0.6 is 0 Å². The summed E-state index contributed by atoms with van der Waals surface area (Å²) in [6, 6.07) is 0. The number of hydrogen-bond donors (Lipinski definition) is 0. The van der Waals surface area contributed by atoms with Crippen molar-refractivity contribution in [2.24, 2.45) is 0 Å². The summed E-state index contributed by atoms with van der Waals surface area (Å²) in [4.78, 5) is -0.297. The number of hydrogen-bond acceptors (Lipinski definition) is 3. The Morgan fingerprint density at radius 3 is 2.23 bits per heavy atom. The van der Waals surface area contributed by atoms with Crippen molar-refractivity contribution >= 4 is 10.2 Å². The second-order valence-electron chi connectivity index (χ2n) is 2.75. The maximum Gasteiger partial charge on any atom is 0.335 e. The molecule has 0 saturated carbocycles. The van der Waals surface area contributed by atoms with Crippen molar-refractivity contribution in [3.63, 3.8) is 0 Å². The first-order chi connectivity index (χ1) is 5.88. The first kappa shape index (κ1) is 10.2. The van der Waals surface area contributed by atoms with E-state index in [0.29, 0.717) is 12.2 Å². The summed E-state index contributed by atoms with van der Waals surface area (Å²) in [7, 11) is -4.64. The lowest BCUT2D eigenvalue weighted by molar-refractivity contribution is 0.550. The summed E-state index contributed by atoms with van der Waals surface area (Å²) in [5.41, 5.74) is 0.560. The molecule has 1 aromatic heterocycles. The molecule has 1 heterocycles. The van der Waals surface area contributed by atoms with Gasteiger partial charge in [-0.25, -0.2) is 0 Å². The number of rotatable bonds is 2. The third kappa shape index (κ3) is 1.72. The highest BCUT2D eigenvalue weighted by Gasteiger charge is 2.23. The Balaban J connectivity index is 3.47. The van der Waals surface area contributed by atoms with Crippen LogP contribution in [0.15, 0.2) is 4.90 Å². The monoisotopic (exact) mass is 206 g/mol. The molecule has 0 radical (unpaired) electrons. The average Bonchev–Trinajstić information content (AvgIpc) is 2.24. The standard InChI is InChI=1S/C7H11FN2O2S/c1-4-10-6(3)7(5(2)9-10)13(8,11)12/h4H2,1-3H3. The molecule has 0 bridgehead atoms. The molecule has 0 saturated heterocycles. The molecule has 0 fully saturated rings. The molecule has 0 aromatic carbocycles. The number of aryl methyl sites for hydroxylation is 2. The van der Waals surface area contributed by atoms with Gasteiger partial charge in [0, 0.05) is 6.54 Å². The molecule has 13 heavy (non-hydrogen) atoms. The maximum absolute atomic E-state index is 12.7. The summed E-state index contributed by atoms with van der Waals surface area (Å²) in [6.07, 6.45) is 0. The van der Waals surface area contributed by atoms with Crippen LogP contribution in [0.4, 0.5) is 3.89 Å². The second-order valence-corrected chi connectivity index (χ2v) is 4.04. The Kier molecular flexibility index (Phi) is 2.42. The van der Waals surface area contributed by atoms with Crippen LogP contribution in [0.2, 0.25) is 0 Å². The highest BCUT2D eigenvalue weighted by molar-refractivity contribution is 7.86. The number of aromatic nitrogens is 2. The van der Waals surface area contributed by atoms with Crippen LogP contribution < -0.4 is 0 Å². The minimum atomic E-state index is -4.64. The average molecular weight is 206 g/mol. The van der Waals surface area contributed by atoms with E-state index in [2.05, 4.69) is 5.10 Å². The van der Waals surface area contributed by atoms with Crippen LogP contribution in [-0.2, 0) is 16.8 Å². The van der Waals surface area contributed by atoms with Gasteiger partial charge in [0.1, 0.15) is 4.90 Å². The molecule has 1 aromatic rings. The fraction of sp³-hybridized carbons (Fsp3) is 0.571. The van der Waals surface area contributed by atoms with Crippen molar-refractivity contribution in [1.29, 1.82) is 0 Å². The van der Waals surface area contributed by atoms with Crippen LogP contribution in [0.3, 0.4) is 0 Å². The number of halogens is 1. The lowest BCUT2D eigenvalue weighted by Crippen LogP contribution is -2.00. The topological polar surface area (TPSA) is 52.0 Å². The lowest BCUT2D eigenvalue weighted by Gasteiger charge is -1.97. The molecule has 0 aliphatic rings. The van der Waals surface area contributed by atoms with E-state index in [1.807, 2.05) is 6.92 Å². The predicted octanol–water partition coefficient (Wildman–Crippen LogP) is 1.18. The van der Waals surface area contributed by atoms with Crippen molar-refractivity contribution in [1.82, 2.24) is 9.78 Å². The molecule has 1 rings (SSSR count). The van der Waals surface area contributed by atoms with E-state index in [9.17, 15) is 12.3 Å². The van der Waals surface area contributed by atoms with Crippen molar-refractivity contribution in [3.05, 3.63) is 11.4 Å². The van der Waals surface area contributed by atoms with E-state index in [1.165, 1.54) is 18.5 Å². The third-order valence-corrected chi connectivity index (χ3v) is 2.94. The van der Waals surface area contributed by atoms with E-state index in [-0.39, 0.29) is 10.6 Å². The SMILES string of the molecule is CCn1nc(C)c(S(=O)(=O)F)c1C. The van der Waals surface area contributed by atoms with E-state index in [1.54, 1.807) is 0 Å². The molecule has 0 unspecified atom stereocenters. The molecule has 6 heteroatoms. The van der Waals surface area contributed by atoms with Crippen LogP contribution in [-0.4, -0.2) is 18.2 Å². The van der Waals surface area contributed by atoms with Gasteiger partial charge in [-0.15, -0.1) is 3.89 Å². The summed E-state index contributed by atoms with van der Waals surface area (Å²) in [5.74, 6) is 0. The Labute approximate surface area is 76.6 Å². The van der Waals surface area contributed by atoms with Gasteiger partial charge in [0.15, 0.2) is 0 Å². The quantitative estimate of drug-likeness (QED) is 0.683. The Bertz CT molecular complexity index is 422. The van der Waals surface area contributed by atoms with Gasteiger partial charge in [-0.2, -0.15) is 13.5 Å². The van der Waals surface area contributed by atoms with Crippen molar-refractivity contribution in [2.75, 3.05) is 0 Å². The zero-order valence-electron chi connectivity index (χ0n) is 7.70. The minimum absolute atomic E-state index is 0.210. The summed E-state index contributed by atoms with van der Waals surface area (Å²) < 4.78 is 35.5. The summed E-state index contributed by atoms with van der Waals surface area (Å²) in [5, 5.41) is 3.89. The van der Waals surface area contributed by atoms with Gasteiger partial charge >= 0.3 is 10.2 Å². The van der Waals surface area contributed by atoms with Gasteiger partial charge in [0.2, 0.25) is 0 Å². The van der Waals surface area contributed by atoms with E-state index < -0.39 is 10.2 Å².